The van der Waals surface area contributed by atoms with E-state index in [1.165, 1.54) is 6.92 Å². The van der Waals surface area contributed by atoms with Gasteiger partial charge in [0.1, 0.15) is 0 Å². The number of amides is 2. The van der Waals surface area contributed by atoms with Crippen molar-refractivity contribution in [2.75, 3.05) is 28.6 Å². The number of piperidine rings is 1. The fourth-order valence-electron chi connectivity index (χ4n) is 3.71. The predicted molar refractivity (Wildman–Crippen MR) is 122 cm³/mol. The number of carbonyl (C=O) groups is 2. The molecule has 2 aromatic carbocycles. The zero-order valence-corrected chi connectivity index (χ0v) is 17.4. The zero-order valence-electron chi connectivity index (χ0n) is 17.4. The van der Waals surface area contributed by atoms with E-state index < -0.39 is 0 Å². The number of benzene rings is 2. The van der Waals surface area contributed by atoms with Gasteiger partial charge in [-0.3, -0.25) is 9.59 Å². The Morgan fingerprint density at radius 2 is 1.48 bits per heavy atom. The quantitative estimate of drug-likeness (QED) is 0.659. The highest BCUT2D eigenvalue weighted by atomic mass is 16.2. The lowest BCUT2D eigenvalue weighted by Gasteiger charge is -2.31. The molecule has 0 unspecified atom stereocenters. The van der Waals surface area contributed by atoms with Gasteiger partial charge < -0.3 is 15.5 Å². The van der Waals surface area contributed by atoms with Gasteiger partial charge in [0.2, 0.25) is 11.8 Å². The molecule has 0 radical (unpaired) electrons. The molecule has 2 amide bonds. The Labute approximate surface area is 181 Å². The third-order valence-electron chi connectivity index (χ3n) is 5.38. The molecular formula is C24H25N5O2. The van der Waals surface area contributed by atoms with Crippen LogP contribution in [0.25, 0.3) is 11.3 Å². The van der Waals surface area contributed by atoms with Gasteiger partial charge in [-0.2, -0.15) is 0 Å². The van der Waals surface area contributed by atoms with E-state index in [1.54, 1.807) is 24.3 Å². The Hall–Kier alpha value is -3.74. The van der Waals surface area contributed by atoms with Crippen LogP contribution in [0, 0.1) is 5.92 Å². The molecule has 1 fully saturated rings. The molecule has 0 bridgehead atoms. The van der Waals surface area contributed by atoms with Crippen molar-refractivity contribution >= 4 is 29.0 Å². The number of hydrogen-bond acceptors (Lipinski definition) is 5. The van der Waals surface area contributed by atoms with Crippen LogP contribution in [0.15, 0.2) is 66.7 Å². The van der Waals surface area contributed by atoms with Crippen LogP contribution >= 0.6 is 0 Å². The molecule has 1 saturated heterocycles. The Morgan fingerprint density at radius 3 is 2.06 bits per heavy atom. The van der Waals surface area contributed by atoms with E-state index >= 15 is 0 Å². The first-order valence-electron chi connectivity index (χ1n) is 10.4. The van der Waals surface area contributed by atoms with Crippen molar-refractivity contribution in [2.45, 2.75) is 19.8 Å². The van der Waals surface area contributed by atoms with Crippen molar-refractivity contribution < 1.29 is 9.59 Å². The van der Waals surface area contributed by atoms with Crippen molar-refractivity contribution in [1.82, 2.24) is 10.2 Å². The van der Waals surface area contributed by atoms with Gasteiger partial charge in [0.05, 0.1) is 5.69 Å². The van der Waals surface area contributed by atoms with Gasteiger partial charge in [0.15, 0.2) is 5.82 Å². The summed E-state index contributed by atoms with van der Waals surface area (Å²) < 4.78 is 0. The number of rotatable bonds is 5. The molecule has 0 spiro atoms. The number of carbonyl (C=O) groups excluding carboxylic acids is 2. The van der Waals surface area contributed by atoms with E-state index in [4.69, 9.17) is 0 Å². The highest BCUT2D eigenvalue weighted by Crippen LogP contribution is 2.24. The van der Waals surface area contributed by atoms with E-state index in [0.29, 0.717) is 5.69 Å². The molecule has 3 aromatic rings. The molecule has 1 aliphatic heterocycles. The minimum Gasteiger partial charge on any atom is -0.355 e. The maximum absolute atomic E-state index is 12.6. The van der Waals surface area contributed by atoms with Crippen molar-refractivity contribution in [2.24, 2.45) is 5.92 Å². The van der Waals surface area contributed by atoms with E-state index in [2.05, 4.69) is 25.7 Å². The van der Waals surface area contributed by atoms with Crippen LogP contribution in [-0.2, 0) is 9.59 Å². The molecule has 0 aliphatic carbocycles. The fraction of sp³-hybridized carbons (Fsp3) is 0.250. The van der Waals surface area contributed by atoms with Gasteiger partial charge in [-0.15, -0.1) is 10.2 Å². The summed E-state index contributed by atoms with van der Waals surface area (Å²) in [6, 6.07) is 21.1. The molecular weight excluding hydrogens is 390 g/mol. The van der Waals surface area contributed by atoms with Crippen LogP contribution in [0.3, 0.4) is 0 Å². The van der Waals surface area contributed by atoms with Gasteiger partial charge in [0.25, 0.3) is 0 Å². The summed E-state index contributed by atoms with van der Waals surface area (Å²) in [6.07, 6.45) is 1.52. The highest BCUT2D eigenvalue weighted by molar-refractivity contribution is 5.93. The van der Waals surface area contributed by atoms with E-state index in [-0.39, 0.29) is 17.7 Å². The Kier molecular flexibility index (Phi) is 6.21. The highest BCUT2D eigenvalue weighted by Gasteiger charge is 2.26. The molecule has 7 nitrogen and oxygen atoms in total. The summed E-state index contributed by atoms with van der Waals surface area (Å²) >= 11 is 0. The minimum atomic E-state index is -0.122. The standard InChI is InChI=1S/C24H25N5O2/c1-17(30)25-20-7-9-21(10-8-20)26-24(31)19-13-15-29(16-14-19)23-12-11-22(27-28-23)18-5-3-2-4-6-18/h2-12,19H,13-16H2,1H3,(H,25,30)(H,26,31). The van der Waals surface area contributed by atoms with Crippen LogP contribution in [0.4, 0.5) is 17.2 Å². The van der Waals surface area contributed by atoms with Gasteiger partial charge >= 0.3 is 0 Å². The summed E-state index contributed by atoms with van der Waals surface area (Å²) in [6.45, 7) is 2.99. The SMILES string of the molecule is CC(=O)Nc1ccc(NC(=O)C2CCN(c3ccc(-c4ccccc4)nn3)CC2)cc1. The van der Waals surface area contributed by atoms with Crippen molar-refractivity contribution in [3.05, 3.63) is 66.7 Å². The lowest BCUT2D eigenvalue weighted by atomic mass is 9.95. The molecule has 158 valence electrons. The second-order valence-electron chi connectivity index (χ2n) is 7.65. The molecule has 7 heteroatoms. The first kappa shape index (κ1) is 20.5. The van der Waals surface area contributed by atoms with Gasteiger partial charge in [-0.25, -0.2) is 0 Å². The van der Waals surface area contributed by atoms with Crippen LogP contribution in [0.1, 0.15) is 19.8 Å². The average Bonchev–Trinajstić information content (AvgIpc) is 2.81. The molecule has 0 atom stereocenters. The summed E-state index contributed by atoms with van der Waals surface area (Å²) in [5.41, 5.74) is 3.33. The summed E-state index contributed by atoms with van der Waals surface area (Å²) in [7, 11) is 0. The third-order valence-corrected chi connectivity index (χ3v) is 5.38. The monoisotopic (exact) mass is 415 g/mol. The summed E-state index contributed by atoms with van der Waals surface area (Å²) in [5.74, 6) is 0.704. The Balaban J connectivity index is 1.30. The van der Waals surface area contributed by atoms with E-state index in [0.717, 1.165) is 48.7 Å². The lowest BCUT2D eigenvalue weighted by Crippen LogP contribution is -2.38. The van der Waals surface area contributed by atoms with Crippen molar-refractivity contribution in [3.8, 4) is 11.3 Å². The first-order valence-corrected chi connectivity index (χ1v) is 10.4. The second kappa shape index (κ2) is 9.38. The molecule has 2 heterocycles. The second-order valence-corrected chi connectivity index (χ2v) is 7.65. The average molecular weight is 415 g/mol. The molecule has 1 aliphatic rings. The molecule has 0 saturated carbocycles. The topological polar surface area (TPSA) is 87.2 Å². The summed E-state index contributed by atoms with van der Waals surface area (Å²) in [4.78, 5) is 25.9. The van der Waals surface area contributed by atoms with E-state index in [9.17, 15) is 9.59 Å². The Morgan fingerprint density at radius 1 is 0.839 bits per heavy atom. The fourth-order valence-corrected chi connectivity index (χ4v) is 3.71. The van der Waals surface area contributed by atoms with Crippen LogP contribution in [0.5, 0.6) is 0 Å². The van der Waals surface area contributed by atoms with Crippen LogP contribution < -0.4 is 15.5 Å². The normalized spacial score (nSPS) is 14.2. The van der Waals surface area contributed by atoms with Crippen molar-refractivity contribution in [1.29, 1.82) is 0 Å². The summed E-state index contributed by atoms with van der Waals surface area (Å²) in [5, 5.41) is 14.4. The maximum Gasteiger partial charge on any atom is 0.227 e. The predicted octanol–water partition coefficient (Wildman–Crippen LogP) is 3.96. The first-order chi connectivity index (χ1) is 15.1. The zero-order chi connectivity index (χ0) is 21.6. The number of nitrogens with zero attached hydrogens (tertiary/aromatic N) is 3. The number of nitrogens with one attached hydrogen (secondary N) is 2. The number of aromatic nitrogens is 2. The molecule has 31 heavy (non-hydrogen) atoms. The Bertz CT molecular complexity index is 1030. The van der Waals surface area contributed by atoms with Gasteiger partial charge in [0, 0.05) is 42.9 Å². The minimum absolute atomic E-state index is 0.0254. The molecule has 4 rings (SSSR count). The van der Waals surface area contributed by atoms with Crippen LogP contribution in [-0.4, -0.2) is 35.1 Å². The number of hydrogen-bond donors (Lipinski definition) is 2. The van der Waals surface area contributed by atoms with Crippen LogP contribution in [0.2, 0.25) is 0 Å². The molecule has 1 aromatic heterocycles. The maximum atomic E-state index is 12.6. The lowest BCUT2D eigenvalue weighted by molar-refractivity contribution is -0.120. The van der Waals surface area contributed by atoms with Gasteiger partial charge in [-0.1, -0.05) is 30.3 Å². The number of anilines is 3. The largest absolute Gasteiger partial charge is 0.355 e. The van der Waals surface area contributed by atoms with Gasteiger partial charge in [-0.05, 0) is 49.2 Å². The van der Waals surface area contributed by atoms with Crippen molar-refractivity contribution in [3.63, 3.8) is 0 Å². The smallest absolute Gasteiger partial charge is 0.227 e. The molecule has 2 N–H and O–H groups in total. The van der Waals surface area contributed by atoms with E-state index in [1.807, 2.05) is 42.5 Å². The third kappa shape index (κ3) is 5.25.